The summed E-state index contributed by atoms with van der Waals surface area (Å²) in [5.74, 6) is 2.47. The fourth-order valence-corrected chi connectivity index (χ4v) is 6.43. The third kappa shape index (κ3) is 4.93. The maximum Gasteiger partial charge on any atom is 0.160 e. The highest BCUT2D eigenvalue weighted by atomic mass is 16.5. The maximum atomic E-state index is 6.43. The van der Waals surface area contributed by atoms with Crippen LogP contribution in [0.25, 0.3) is 78.1 Å². The van der Waals surface area contributed by atoms with Crippen molar-refractivity contribution >= 4 is 10.8 Å². The monoisotopic (exact) mass is 601 g/mol. The van der Waals surface area contributed by atoms with Gasteiger partial charge in [-0.2, -0.15) is 0 Å². The molecular formula is C43H27N3O. The van der Waals surface area contributed by atoms with Crippen LogP contribution < -0.4 is 4.74 Å². The van der Waals surface area contributed by atoms with E-state index in [-0.39, 0.29) is 0 Å². The first-order valence-electron chi connectivity index (χ1n) is 15.7. The van der Waals surface area contributed by atoms with E-state index < -0.39 is 0 Å². The third-order valence-corrected chi connectivity index (χ3v) is 8.78. The summed E-state index contributed by atoms with van der Waals surface area (Å²) in [5, 5.41) is 2.36. The average molecular weight is 602 g/mol. The van der Waals surface area contributed by atoms with Crippen LogP contribution in [0.3, 0.4) is 0 Å². The molecule has 0 spiro atoms. The molecule has 220 valence electrons. The Bertz CT molecular complexity index is 2420. The summed E-state index contributed by atoms with van der Waals surface area (Å²) < 4.78 is 6.43. The van der Waals surface area contributed by atoms with Gasteiger partial charge in [0.15, 0.2) is 5.82 Å². The van der Waals surface area contributed by atoms with Crippen molar-refractivity contribution in [1.29, 1.82) is 0 Å². The standard InChI is InChI=1S/C43H27N3O/c1-2-8-31(9-3-1)43-45-38(26-39(46-43)34-13-4-12-32(24-34)35-14-7-23-44-27-35)29-19-17-28(18-20-29)33-21-22-36-37-15-5-10-30-11-6-16-40(42(30)37)47-41(36)25-33/h1-27H. The van der Waals surface area contributed by atoms with E-state index in [9.17, 15) is 0 Å². The number of aromatic nitrogens is 3. The van der Waals surface area contributed by atoms with Crippen molar-refractivity contribution in [3.8, 4) is 78.8 Å². The van der Waals surface area contributed by atoms with Gasteiger partial charge in [0.25, 0.3) is 0 Å². The van der Waals surface area contributed by atoms with Crippen LogP contribution in [-0.4, -0.2) is 15.0 Å². The van der Waals surface area contributed by atoms with Gasteiger partial charge in [0, 0.05) is 45.6 Å². The molecule has 4 heteroatoms. The van der Waals surface area contributed by atoms with E-state index >= 15 is 0 Å². The van der Waals surface area contributed by atoms with Crippen LogP contribution in [0.5, 0.6) is 11.5 Å². The number of pyridine rings is 1. The number of ether oxygens (including phenoxy) is 1. The van der Waals surface area contributed by atoms with Gasteiger partial charge in [-0.25, -0.2) is 9.97 Å². The first-order chi connectivity index (χ1) is 23.3. The minimum absolute atomic E-state index is 0.691. The minimum Gasteiger partial charge on any atom is -0.456 e. The summed E-state index contributed by atoms with van der Waals surface area (Å²) in [7, 11) is 0. The largest absolute Gasteiger partial charge is 0.456 e. The Kier molecular flexibility index (Phi) is 6.43. The summed E-state index contributed by atoms with van der Waals surface area (Å²) >= 11 is 0. The first-order valence-corrected chi connectivity index (χ1v) is 15.7. The molecule has 3 heterocycles. The second-order valence-corrected chi connectivity index (χ2v) is 11.7. The Morgan fingerprint density at radius 2 is 1.09 bits per heavy atom. The Morgan fingerprint density at radius 3 is 1.91 bits per heavy atom. The lowest BCUT2D eigenvalue weighted by Gasteiger charge is -2.22. The lowest BCUT2D eigenvalue weighted by molar-refractivity contribution is 0.487. The van der Waals surface area contributed by atoms with Crippen molar-refractivity contribution in [1.82, 2.24) is 15.0 Å². The number of hydrogen-bond donors (Lipinski definition) is 0. The molecule has 6 aromatic carbocycles. The predicted octanol–water partition coefficient (Wildman–Crippen LogP) is 11.1. The summed E-state index contributed by atoms with van der Waals surface area (Å²) in [6, 6.07) is 52.4. The molecule has 0 N–H and O–H groups in total. The van der Waals surface area contributed by atoms with Crippen LogP contribution in [0.15, 0.2) is 164 Å². The molecule has 8 aromatic rings. The molecule has 4 nitrogen and oxygen atoms in total. The molecule has 0 radical (unpaired) electrons. The van der Waals surface area contributed by atoms with Gasteiger partial charge < -0.3 is 4.74 Å². The van der Waals surface area contributed by atoms with E-state index in [1.54, 1.807) is 6.20 Å². The fourth-order valence-electron chi connectivity index (χ4n) is 6.43. The zero-order valence-electron chi connectivity index (χ0n) is 25.3. The first kappa shape index (κ1) is 27.0. The second-order valence-electron chi connectivity index (χ2n) is 11.7. The zero-order valence-corrected chi connectivity index (χ0v) is 25.3. The van der Waals surface area contributed by atoms with Gasteiger partial charge >= 0.3 is 0 Å². The predicted molar refractivity (Wildman–Crippen MR) is 190 cm³/mol. The van der Waals surface area contributed by atoms with E-state index in [2.05, 4.69) is 120 Å². The molecule has 0 bridgehead atoms. The average Bonchev–Trinajstić information content (AvgIpc) is 3.15. The SMILES string of the molecule is c1ccc(-c2nc(-c3ccc(-c4ccc5c(c4)Oc4cccc6cccc-5c46)cc3)cc(-c3cccc(-c4cccnc4)c3)n2)cc1. The lowest BCUT2D eigenvalue weighted by Crippen LogP contribution is -1.97. The van der Waals surface area contributed by atoms with Crippen molar-refractivity contribution in [2.45, 2.75) is 0 Å². The Hall–Kier alpha value is -6.39. The Balaban J connectivity index is 1.09. The molecule has 0 fully saturated rings. The van der Waals surface area contributed by atoms with Gasteiger partial charge in [0.1, 0.15) is 11.5 Å². The maximum absolute atomic E-state index is 6.43. The second kappa shape index (κ2) is 11.2. The van der Waals surface area contributed by atoms with Crippen LogP contribution in [-0.2, 0) is 0 Å². The van der Waals surface area contributed by atoms with Crippen molar-refractivity contribution in [2.75, 3.05) is 0 Å². The minimum atomic E-state index is 0.691. The van der Waals surface area contributed by atoms with E-state index in [0.29, 0.717) is 5.82 Å². The van der Waals surface area contributed by atoms with Crippen molar-refractivity contribution in [2.24, 2.45) is 0 Å². The molecule has 1 aliphatic heterocycles. The molecule has 2 aromatic heterocycles. The van der Waals surface area contributed by atoms with Crippen LogP contribution in [0, 0.1) is 0 Å². The van der Waals surface area contributed by atoms with Crippen molar-refractivity contribution in [3.63, 3.8) is 0 Å². The van der Waals surface area contributed by atoms with E-state index in [1.807, 2.05) is 42.6 Å². The molecule has 9 rings (SSSR count). The molecule has 47 heavy (non-hydrogen) atoms. The zero-order chi connectivity index (χ0) is 31.2. The summed E-state index contributed by atoms with van der Waals surface area (Å²) in [6.45, 7) is 0. The number of rotatable bonds is 5. The van der Waals surface area contributed by atoms with Crippen molar-refractivity contribution < 1.29 is 4.74 Å². The Morgan fingerprint density at radius 1 is 0.404 bits per heavy atom. The lowest BCUT2D eigenvalue weighted by atomic mass is 9.93. The molecule has 0 aliphatic carbocycles. The van der Waals surface area contributed by atoms with Gasteiger partial charge in [-0.3, -0.25) is 4.98 Å². The molecular weight excluding hydrogens is 574 g/mol. The van der Waals surface area contributed by atoms with Crippen LogP contribution in [0.4, 0.5) is 0 Å². The molecule has 0 unspecified atom stereocenters. The van der Waals surface area contributed by atoms with E-state index in [0.717, 1.165) is 67.4 Å². The number of nitrogens with zero attached hydrogens (tertiary/aromatic N) is 3. The fraction of sp³-hybridized carbons (Fsp3) is 0. The summed E-state index contributed by atoms with van der Waals surface area (Å²) in [5.41, 5.74) is 11.4. The van der Waals surface area contributed by atoms with Gasteiger partial charge in [-0.15, -0.1) is 0 Å². The quantitative estimate of drug-likeness (QED) is 0.197. The molecule has 0 amide bonds. The highest BCUT2D eigenvalue weighted by Crippen LogP contribution is 2.47. The molecule has 0 saturated heterocycles. The Labute approximate surface area is 272 Å². The van der Waals surface area contributed by atoms with Gasteiger partial charge in [-0.1, -0.05) is 115 Å². The van der Waals surface area contributed by atoms with E-state index in [1.165, 1.54) is 16.3 Å². The normalized spacial score (nSPS) is 11.6. The van der Waals surface area contributed by atoms with Crippen LogP contribution in [0.2, 0.25) is 0 Å². The highest BCUT2D eigenvalue weighted by molar-refractivity contribution is 6.04. The third-order valence-electron chi connectivity index (χ3n) is 8.78. The number of benzene rings is 6. The highest BCUT2D eigenvalue weighted by Gasteiger charge is 2.20. The van der Waals surface area contributed by atoms with Gasteiger partial charge in [-0.05, 0) is 64.0 Å². The topological polar surface area (TPSA) is 47.9 Å². The van der Waals surface area contributed by atoms with E-state index in [4.69, 9.17) is 14.7 Å². The van der Waals surface area contributed by atoms with Crippen LogP contribution in [0.1, 0.15) is 0 Å². The molecule has 0 atom stereocenters. The summed E-state index contributed by atoms with van der Waals surface area (Å²) in [4.78, 5) is 14.4. The smallest absolute Gasteiger partial charge is 0.160 e. The van der Waals surface area contributed by atoms with Gasteiger partial charge in [0.05, 0.1) is 11.4 Å². The number of fused-ring (bicyclic) bond motifs is 2. The van der Waals surface area contributed by atoms with Crippen LogP contribution >= 0.6 is 0 Å². The summed E-state index contributed by atoms with van der Waals surface area (Å²) in [6.07, 6.45) is 3.68. The molecule has 0 saturated carbocycles. The van der Waals surface area contributed by atoms with Gasteiger partial charge in [0.2, 0.25) is 0 Å². The van der Waals surface area contributed by atoms with Crippen molar-refractivity contribution in [3.05, 3.63) is 164 Å². The number of hydrogen-bond acceptors (Lipinski definition) is 4. The molecule has 1 aliphatic rings.